The molecule has 2 fully saturated rings. The van der Waals surface area contributed by atoms with Crippen molar-refractivity contribution < 1.29 is 14.0 Å². The van der Waals surface area contributed by atoms with Crippen LogP contribution in [0.25, 0.3) is 11.1 Å². The number of hydrogen-bond acceptors (Lipinski definition) is 4. The molecule has 3 aromatic rings. The quantitative estimate of drug-likeness (QED) is 0.464. The van der Waals surface area contributed by atoms with E-state index in [0.29, 0.717) is 39.4 Å². The van der Waals surface area contributed by atoms with E-state index in [1.54, 1.807) is 31.4 Å². The van der Waals surface area contributed by atoms with Gasteiger partial charge in [-0.2, -0.15) is 0 Å². The minimum Gasteiger partial charge on any atom is -0.368 e. The average Bonchev–Trinajstić information content (AvgIpc) is 3.15. The average molecular weight is 527 g/mol. The number of carbonyl (C=O) groups excluding carboxylic acids is 2. The number of fused-ring (bicyclic) bond motifs is 1. The topological polar surface area (TPSA) is 79.5 Å². The maximum atomic E-state index is 14.5. The first kappa shape index (κ1) is 24.5. The molecule has 0 spiro atoms. The van der Waals surface area contributed by atoms with Gasteiger partial charge in [-0.15, -0.1) is 0 Å². The lowest BCUT2D eigenvalue weighted by atomic mass is 10.0. The van der Waals surface area contributed by atoms with Gasteiger partial charge in [0.1, 0.15) is 5.82 Å². The van der Waals surface area contributed by atoms with E-state index >= 15 is 0 Å². The van der Waals surface area contributed by atoms with Crippen LogP contribution in [-0.2, 0) is 0 Å². The maximum absolute atomic E-state index is 14.5. The van der Waals surface area contributed by atoms with Crippen molar-refractivity contribution in [1.82, 2.24) is 4.98 Å². The fourth-order valence-corrected chi connectivity index (χ4v) is 5.75. The van der Waals surface area contributed by atoms with Gasteiger partial charge in [0.25, 0.3) is 5.91 Å². The summed E-state index contributed by atoms with van der Waals surface area (Å²) >= 11 is 12.6. The number of carbonyl (C=O) groups is 2. The van der Waals surface area contributed by atoms with E-state index in [1.165, 1.54) is 23.1 Å². The van der Waals surface area contributed by atoms with Gasteiger partial charge in [-0.25, -0.2) is 9.37 Å². The summed E-state index contributed by atoms with van der Waals surface area (Å²) < 4.78 is 14.5. The van der Waals surface area contributed by atoms with Crippen LogP contribution in [0.15, 0.2) is 48.7 Å². The van der Waals surface area contributed by atoms with Gasteiger partial charge < -0.3 is 10.6 Å². The monoisotopic (exact) mass is 526 g/mol. The van der Waals surface area contributed by atoms with E-state index in [2.05, 4.69) is 23.7 Å². The molecule has 2 aromatic carbocycles. The molecule has 1 saturated carbocycles. The van der Waals surface area contributed by atoms with Gasteiger partial charge in [-0.3, -0.25) is 14.5 Å². The molecule has 2 N–H and O–H groups in total. The smallest absolute Gasteiger partial charge is 0.263 e. The van der Waals surface area contributed by atoms with Crippen molar-refractivity contribution in [1.29, 1.82) is 0 Å². The highest BCUT2D eigenvalue weighted by Gasteiger charge is 2.62. The number of anilines is 2. The molecule has 1 saturated heterocycles. The third-order valence-corrected chi connectivity index (χ3v) is 8.32. The Balaban J connectivity index is 1.59. The standard InChI is InChI=1S/C27H25Cl2FN4O2/c1-27(2)17-12-34(13-18(17)27)22-10-15(16-9-14(24(31)35)7-8-19(16)28)11-32-25(22)33(3)26(36)23-20(29)5-4-6-21(23)30/h4-11,17-18H,12-13H2,1-3H3,(H2,31,35). The van der Waals surface area contributed by atoms with Crippen LogP contribution in [0, 0.1) is 23.1 Å². The maximum Gasteiger partial charge on any atom is 0.263 e. The molecule has 6 nitrogen and oxygen atoms in total. The second kappa shape index (κ2) is 8.75. The molecule has 36 heavy (non-hydrogen) atoms. The molecule has 1 aliphatic carbocycles. The van der Waals surface area contributed by atoms with Crippen molar-refractivity contribution in [3.8, 4) is 11.1 Å². The Morgan fingerprint density at radius 1 is 1.11 bits per heavy atom. The summed E-state index contributed by atoms with van der Waals surface area (Å²) in [5.74, 6) is -0.401. The van der Waals surface area contributed by atoms with Crippen LogP contribution < -0.4 is 15.5 Å². The zero-order valence-corrected chi connectivity index (χ0v) is 21.6. The first-order valence-electron chi connectivity index (χ1n) is 11.6. The third-order valence-electron chi connectivity index (χ3n) is 7.67. The summed E-state index contributed by atoms with van der Waals surface area (Å²) in [4.78, 5) is 33.2. The Morgan fingerprint density at radius 2 is 1.81 bits per heavy atom. The number of benzene rings is 2. The third kappa shape index (κ3) is 4.00. The SMILES string of the molecule is CN(C(=O)c1c(F)cccc1Cl)c1ncc(-c2cc(C(N)=O)ccc2Cl)cc1N1CC2C(C1)C2(C)C. The highest BCUT2D eigenvalue weighted by molar-refractivity contribution is 6.34. The Labute approximate surface area is 218 Å². The zero-order chi connectivity index (χ0) is 25.9. The lowest BCUT2D eigenvalue weighted by Gasteiger charge is -2.29. The minimum atomic E-state index is -0.697. The van der Waals surface area contributed by atoms with Crippen molar-refractivity contribution >= 4 is 46.5 Å². The lowest BCUT2D eigenvalue weighted by Crippen LogP contribution is -2.32. The van der Waals surface area contributed by atoms with E-state index < -0.39 is 17.6 Å². The zero-order valence-electron chi connectivity index (χ0n) is 20.1. The van der Waals surface area contributed by atoms with E-state index in [4.69, 9.17) is 28.9 Å². The van der Waals surface area contributed by atoms with Crippen LogP contribution in [0.1, 0.15) is 34.6 Å². The number of pyridine rings is 1. The molecule has 2 amide bonds. The number of halogens is 3. The lowest BCUT2D eigenvalue weighted by molar-refractivity contribution is 0.0984. The summed E-state index contributed by atoms with van der Waals surface area (Å²) in [5, 5.41) is 0.470. The van der Waals surface area contributed by atoms with Crippen molar-refractivity contribution in [2.75, 3.05) is 29.9 Å². The number of rotatable bonds is 5. The number of hydrogen-bond donors (Lipinski definition) is 1. The van der Waals surface area contributed by atoms with Gasteiger partial charge >= 0.3 is 0 Å². The molecular weight excluding hydrogens is 502 g/mol. The fourth-order valence-electron chi connectivity index (χ4n) is 5.28. The summed E-state index contributed by atoms with van der Waals surface area (Å²) in [6.07, 6.45) is 1.58. The molecule has 1 aromatic heterocycles. The first-order chi connectivity index (χ1) is 17.0. The van der Waals surface area contributed by atoms with Crippen LogP contribution in [0.4, 0.5) is 15.9 Å². The van der Waals surface area contributed by atoms with E-state index in [9.17, 15) is 14.0 Å². The largest absolute Gasteiger partial charge is 0.368 e. The molecule has 2 heterocycles. The Hall–Kier alpha value is -3.16. The molecule has 1 aliphatic heterocycles. The summed E-state index contributed by atoms with van der Waals surface area (Å²) in [5.41, 5.74) is 7.86. The fraction of sp³-hybridized carbons (Fsp3) is 0.296. The van der Waals surface area contributed by atoms with Gasteiger partial charge in [-0.1, -0.05) is 43.1 Å². The number of piperidine rings is 1. The normalized spacial score (nSPS) is 19.7. The molecule has 186 valence electrons. The van der Waals surface area contributed by atoms with Gasteiger partial charge in [-0.05, 0) is 53.6 Å². The number of nitrogens with zero attached hydrogens (tertiary/aromatic N) is 3. The molecule has 5 rings (SSSR count). The number of amides is 2. The summed E-state index contributed by atoms with van der Waals surface area (Å²) in [6.45, 7) is 6.15. The van der Waals surface area contributed by atoms with E-state index in [-0.39, 0.29) is 16.0 Å². The Bertz CT molecular complexity index is 1380. The Morgan fingerprint density at radius 3 is 2.44 bits per heavy atom. The highest BCUT2D eigenvalue weighted by atomic mass is 35.5. The van der Waals surface area contributed by atoms with E-state index in [0.717, 1.165) is 18.8 Å². The van der Waals surface area contributed by atoms with Crippen LogP contribution >= 0.6 is 23.2 Å². The van der Waals surface area contributed by atoms with Gasteiger partial charge in [0.05, 0.1) is 16.3 Å². The van der Waals surface area contributed by atoms with Crippen molar-refractivity contribution in [2.24, 2.45) is 23.0 Å². The molecule has 2 unspecified atom stereocenters. The predicted octanol–water partition coefficient (Wildman–Crippen LogP) is 5.66. The summed E-state index contributed by atoms with van der Waals surface area (Å²) in [6, 6.07) is 10.9. The van der Waals surface area contributed by atoms with E-state index in [1.807, 2.05) is 6.07 Å². The summed E-state index contributed by atoms with van der Waals surface area (Å²) in [7, 11) is 1.55. The highest BCUT2D eigenvalue weighted by Crippen LogP contribution is 2.62. The first-order valence-corrected chi connectivity index (χ1v) is 12.3. The van der Waals surface area contributed by atoms with Crippen LogP contribution in [0.2, 0.25) is 10.0 Å². The number of primary amides is 1. The number of nitrogens with two attached hydrogens (primary N) is 1. The van der Waals surface area contributed by atoms with Crippen molar-refractivity contribution in [3.63, 3.8) is 0 Å². The minimum absolute atomic E-state index is 0.0317. The second-order valence-electron chi connectivity index (χ2n) is 10.0. The van der Waals surface area contributed by atoms with Crippen LogP contribution in [0.3, 0.4) is 0 Å². The van der Waals surface area contributed by atoms with Crippen LogP contribution in [0.5, 0.6) is 0 Å². The number of aromatic nitrogens is 1. The van der Waals surface area contributed by atoms with Gasteiger partial charge in [0.2, 0.25) is 5.91 Å². The second-order valence-corrected chi connectivity index (χ2v) is 10.8. The molecule has 2 aliphatic rings. The van der Waals surface area contributed by atoms with Gasteiger partial charge in [0, 0.05) is 48.0 Å². The molecule has 0 radical (unpaired) electrons. The molecule has 2 atom stereocenters. The van der Waals surface area contributed by atoms with Gasteiger partial charge in [0.15, 0.2) is 5.82 Å². The Kier molecular flexibility index (Phi) is 5.96. The van der Waals surface area contributed by atoms with Crippen molar-refractivity contribution in [2.45, 2.75) is 13.8 Å². The molecule has 0 bridgehead atoms. The predicted molar refractivity (Wildman–Crippen MR) is 140 cm³/mol. The van der Waals surface area contributed by atoms with Crippen molar-refractivity contribution in [3.05, 3.63) is 75.7 Å². The molecule has 9 heteroatoms. The molecular formula is C27H25Cl2FN4O2. The van der Waals surface area contributed by atoms with Crippen LogP contribution in [-0.4, -0.2) is 36.9 Å².